The summed E-state index contributed by atoms with van der Waals surface area (Å²) in [6.07, 6.45) is 1.50. The van der Waals surface area contributed by atoms with Crippen LogP contribution in [0.15, 0.2) is 30.3 Å². The van der Waals surface area contributed by atoms with Crippen molar-refractivity contribution in [1.29, 1.82) is 0 Å². The monoisotopic (exact) mass is 328 g/mol. The largest absolute Gasteiger partial charge is 0.381 e. The van der Waals surface area contributed by atoms with Gasteiger partial charge in [-0.25, -0.2) is 0 Å². The molecule has 3 atom stereocenters. The van der Waals surface area contributed by atoms with E-state index >= 15 is 0 Å². The molecule has 130 valence electrons. The van der Waals surface area contributed by atoms with Gasteiger partial charge in [-0.05, 0) is 39.7 Å². The Morgan fingerprint density at radius 1 is 1.08 bits per heavy atom. The molecule has 0 radical (unpaired) electrons. The molecule has 0 saturated carbocycles. The Kier molecular flexibility index (Phi) is 8.02. The summed E-state index contributed by atoms with van der Waals surface area (Å²) in [5.74, 6) is 11.2. The zero-order valence-corrected chi connectivity index (χ0v) is 15.1. The topological polar surface area (TPSA) is 49.7 Å². The van der Waals surface area contributed by atoms with Gasteiger partial charge in [0, 0.05) is 18.9 Å². The second-order valence-corrected chi connectivity index (χ2v) is 6.39. The number of ether oxygens (including phenoxy) is 1. The second-order valence-electron chi connectivity index (χ2n) is 6.39. The minimum absolute atomic E-state index is 0.190. The molecule has 1 aliphatic heterocycles. The molecule has 24 heavy (non-hydrogen) atoms. The van der Waals surface area contributed by atoms with Gasteiger partial charge in [0.2, 0.25) is 0 Å². The SMILES string of the molecule is CC#CC(C)(O)C1CCOC1.CC#CC(C)(O)Cc1ccccc1. The maximum Gasteiger partial charge on any atom is 0.127 e. The van der Waals surface area contributed by atoms with Crippen LogP contribution in [-0.2, 0) is 11.2 Å². The molecule has 2 rings (SSSR count). The van der Waals surface area contributed by atoms with Gasteiger partial charge in [-0.15, -0.1) is 11.8 Å². The first kappa shape index (κ1) is 20.3. The summed E-state index contributed by atoms with van der Waals surface area (Å²) in [7, 11) is 0. The third-order valence-corrected chi connectivity index (χ3v) is 3.89. The van der Waals surface area contributed by atoms with Crippen LogP contribution in [0.1, 0.15) is 39.7 Å². The van der Waals surface area contributed by atoms with Gasteiger partial charge in [0.05, 0.1) is 6.61 Å². The molecule has 2 N–H and O–H groups in total. The molecular formula is C21H28O3. The van der Waals surface area contributed by atoms with Crippen molar-refractivity contribution in [2.75, 3.05) is 13.2 Å². The zero-order valence-electron chi connectivity index (χ0n) is 15.1. The Balaban J connectivity index is 0.000000243. The van der Waals surface area contributed by atoms with Crippen LogP contribution in [0.5, 0.6) is 0 Å². The van der Waals surface area contributed by atoms with E-state index in [1.807, 2.05) is 30.3 Å². The fourth-order valence-corrected chi connectivity index (χ4v) is 2.64. The predicted molar refractivity (Wildman–Crippen MR) is 97.2 cm³/mol. The number of rotatable bonds is 3. The maximum absolute atomic E-state index is 9.79. The van der Waals surface area contributed by atoms with Gasteiger partial charge in [-0.1, -0.05) is 42.2 Å². The molecule has 0 aliphatic carbocycles. The van der Waals surface area contributed by atoms with Gasteiger partial charge in [0.25, 0.3) is 0 Å². The lowest BCUT2D eigenvalue weighted by Gasteiger charge is -2.22. The molecule has 1 aromatic rings. The van der Waals surface area contributed by atoms with Gasteiger partial charge >= 0.3 is 0 Å². The highest BCUT2D eigenvalue weighted by Gasteiger charge is 2.32. The molecule has 3 unspecified atom stereocenters. The first-order chi connectivity index (χ1) is 11.3. The van der Waals surface area contributed by atoms with E-state index in [-0.39, 0.29) is 5.92 Å². The Bertz CT molecular complexity index is 603. The molecule has 1 heterocycles. The predicted octanol–water partition coefficient (Wildman–Crippen LogP) is 2.80. The Morgan fingerprint density at radius 2 is 1.71 bits per heavy atom. The molecule has 1 saturated heterocycles. The fourth-order valence-electron chi connectivity index (χ4n) is 2.64. The first-order valence-corrected chi connectivity index (χ1v) is 8.25. The number of aliphatic hydroxyl groups is 2. The van der Waals surface area contributed by atoms with E-state index in [1.54, 1.807) is 27.7 Å². The van der Waals surface area contributed by atoms with Crippen molar-refractivity contribution in [2.24, 2.45) is 5.92 Å². The Labute approximate surface area is 146 Å². The molecule has 1 aromatic carbocycles. The van der Waals surface area contributed by atoms with E-state index in [2.05, 4.69) is 23.7 Å². The van der Waals surface area contributed by atoms with Gasteiger partial charge in [-0.3, -0.25) is 0 Å². The zero-order chi connectivity index (χ0) is 18.1. The van der Waals surface area contributed by atoms with Gasteiger partial charge in [0.1, 0.15) is 11.2 Å². The molecule has 3 nitrogen and oxygen atoms in total. The summed E-state index contributed by atoms with van der Waals surface area (Å²) in [6.45, 7) is 8.36. The van der Waals surface area contributed by atoms with E-state index in [9.17, 15) is 10.2 Å². The van der Waals surface area contributed by atoms with Crippen molar-refractivity contribution in [3.8, 4) is 23.7 Å². The lowest BCUT2D eigenvalue weighted by molar-refractivity contribution is 0.0475. The summed E-state index contributed by atoms with van der Waals surface area (Å²) in [4.78, 5) is 0. The van der Waals surface area contributed by atoms with Crippen molar-refractivity contribution in [3.05, 3.63) is 35.9 Å². The van der Waals surface area contributed by atoms with E-state index in [4.69, 9.17) is 4.74 Å². The van der Waals surface area contributed by atoms with Crippen LogP contribution >= 0.6 is 0 Å². The van der Waals surface area contributed by atoms with Crippen LogP contribution in [0.25, 0.3) is 0 Å². The van der Waals surface area contributed by atoms with Crippen LogP contribution in [-0.4, -0.2) is 34.6 Å². The molecule has 1 aliphatic rings. The lowest BCUT2D eigenvalue weighted by atomic mass is 9.89. The van der Waals surface area contributed by atoms with Crippen LogP contribution in [0, 0.1) is 29.6 Å². The van der Waals surface area contributed by atoms with E-state index in [0.717, 1.165) is 18.6 Å². The van der Waals surface area contributed by atoms with E-state index in [0.29, 0.717) is 13.0 Å². The second kappa shape index (κ2) is 9.50. The van der Waals surface area contributed by atoms with Crippen molar-refractivity contribution in [2.45, 2.75) is 51.7 Å². The minimum Gasteiger partial charge on any atom is -0.381 e. The average molecular weight is 328 g/mol. The first-order valence-electron chi connectivity index (χ1n) is 8.25. The van der Waals surface area contributed by atoms with Crippen LogP contribution in [0.4, 0.5) is 0 Å². The van der Waals surface area contributed by atoms with E-state index < -0.39 is 11.2 Å². The average Bonchev–Trinajstić information content (AvgIpc) is 3.03. The molecule has 1 fully saturated rings. The van der Waals surface area contributed by atoms with Crippen LogP contribution < -0.4 is 0 Å². The highest BCUT2D eigenvalue weighted by molar-refractivity contribution is 5.22. The molecular weight excluding hydrogens is 300 g/mol. The molecule has 3 heteroatoms. The summed E-state index contributed by atoms with van der Waals surface area (Å²) in [6, 6.07) is 9.87. The highest BCUT2D eigenvalue weighted by atomic mass is 16.5. The van der Waals surface area contributed by atoms with E-state index in [1.165, 1.54) is 0 Å². The fraction of sp³-hybridized carbons (Fsp3) is 0.524. The van der Waals surface area contributed by atoms with Gasteiger partial charge in [-0.2, -0.15) is 0 Å². The van der Waals surface area contributed by atoms with Crippen LogP contribution in [0.2, 0.25) is 0 Å². The maximum atomic E-state index is 9.79. The third-order valence-electron chi connectivity index (χ3n) is 3.89. The standard InChI is InChI=1S/C12H14O.C9H14O2/c1-3-9-12(2,13)10-11-7-5-4-6-8-11;1-3-5-9(2,10)8-4-6-11-7-8/h4-8,13H,10H2,1-2H3;8,10H,4,6-7H2,1-2H3. The van der Waals surface area contributed by atoms with Crippen molar-refractivity contribution >= 4 is 0 Å². The Morgan fingerprint density at radius 3 is 2.21 bits per heavy atom. The van der Waals surface area contributed by atoms with Crippen molar-refractivity contribution in [1.82, 2.24) is 0 Å². The van der Waals surface area contributed by atoms with Crippen molar-refractivity contribution < 1.29 is 14.9 Å². The normalized spacial score (nSPS) is 20.8. The van der Waals surface area contributed by atoms with Crippen LogP contribution in [0.3, 0.4) is 0 Å². The van der Waals surface area contributed by atoms with Crippen molar-refractivity contribution in [3.63, 3.8) is 0 Å². The number of hydrogen-bond donors (Lipinski definition) is 2. The quantitative estimate of drug-likeness (QED) is 0.839. The van der Waals surface area contributed by atoms with Gasteiger partial charge in [0.15, 0.2) is 0 Å². The highest BCUT2D eigenvalue weighted by Crippen LogP contribution is 2.24. The minimum atomic E-state index is -0.907. The van der Waals surface area contributed by atoms with Gasteiger partial charge < -0.3 is 14.9 Å². The summed E-state index contributed by atoms with van der Waals surface area (Å²) < 4.78 is 5.16. The third kappa shape index (κ3) is 7.20. The molecule has 0 amide bonds. The molecule has 0 spiro atoms. The number of benzene rings is 1. The summed E-state index contributed by atoms with van der Waals surface area (Å²) in [5, 5.41) is 19.6. The molecule has 0 bridgehead atoms. The summed E-state index contributed by atoms with van der Waals surface area (Å²) >= 11 is 0. The lowest BCUT2D eigenvalue weighted by Crippen LogP contribution is -2.33. The Hall–Kier alpha value is -1.78. The molecule has 0 aromatic heterocycles. The summed E-state index contributed by atoms with van der Waals surface area (Å²) in [5.41, 5.74) is -0.656. The smallest absolute Gasteiger partial charge is 0.127 e. The number of hydrogen-bond acceptors (Lipinski definition) is 3.